The van der Waals surface area contributed by atoms with Gasteiger partial charge in [0.1, 0.15) is 0 Å². The lowest BCUT2D eigenvalue weighted by Crippen LogP contribution is -2.12. The Morgan fingerprint density at radius 2 is 2.00 bits per heavy atom. The summed E-state index contributed by atoms with van der Waals surface area (Å²) in [5, 5.41) is 8.10. The first-order valence-electron chi connectivity index (χ1n) is 2.08. The molecule has 0 atom stereocenters. The van der Waals surface area contributed by atoms with Crippen molar-refractivity contribution in [3.63, 3.8) is 0 Å². The molecule has 0 bridgehead atoms. The number of nitrogens with zero attached hydrogens (tertiary/aromatic N) is 2. The smallest absolute Gasteiger partial charge is 0.255 e. The third-order valence-electron chi connectivity index (χ3n) is 0.593. The summed E-state index contributed by atoms with van der Waals surface area (Å²) in [6.45, 7) is 0. The van der Waals surface area contributed by atoms with Crippen molar-refractivity contribution in [2.24, 2.45) is 0 Å². The van der Waals surface area contributed by atoms with Crippen LogP contribution in [0, 0.1) is 11.3 Å². The summed E-state index contributed by atoms with van der Waals surface area (Å²) in [5.74, 6) is -0.519. The first-order chi connectivity index (χ1) is 4.26. The van der Waals surface area contributed by atoms with E-state index in [1.807, 2.05) is 0 Å². The minimum atomic E-state index is -0.519. The Labute approximate surface area is 62.7 Å². The van der Waals surface area contributed by atoms with Crippen molar-refractivity contribution in [1.82, 2.24) is 3.71 Å². The Kier molecular flexibility index (Phi) is 4.36. The van der Waals surface area contributed by atoms with Gasteiger partial charge in [-0.05, 0) is 23.9 Å². The second-order valence-corrected chi connectivity index (χ2v) is 2.73. The topological polar surface area (TPSA) is 44.1 Å². The summed E-state index contributed by atoms with van der Waals surface area (Å²) < 4.78 is 1.31. The number of carbonyl (C=O) groups excluding carboxylic acids is 1. The van der Waals surface area contributed by atoms with E-state index in [1.165, 1.54) is 33.7 Å². The lowest BCUT2D eigenvalue weighted by Gasteiger charge is -2.08. The second-order valence-electron chi connectivity index (χ2n) is 1.04. The van der Waals surface area contributed by atoms with Gasteiger partial charge in [-0.25, -0.2) is 3.71 Å². The Balaban J connectivity index is 3.83. The highest BCUT2D eigenvalue weighted by atomic mass is 32.2. The van der Waals surface area contributed by atoms with Crippen LogP contribution in [0.3, 0.4) is 0 Å². The van der Waals surface area contributed by atoms with Gasteiger partial charge in [0.15, 0.2) is 6.07 Å². The molecular weight excluding hydrogens is 156 g/mol. The minimum absolute atomic E-state index is 0.519. The zero-order chi connectivity index (χ0) is 7.28. The van der Waals surface area contributed by atoms with Crippen LogP contribution in [-0.4, -0.2) is 22.1 Å². The van der Waals surface area contributed by atoms with Crippen molar-refractivity contribution in [2.45, 2.75) is 0 Å². The zero-order valence-electron chi connectivity index (χ0n) is 5.12. The van der Waals surface area contributed by atoms with Crippen LogP contribution in [0.15, 0.2) is 0 Å². The third kappa shape index (κ3) is 2.63. The number of hydrogen-bond acceptors (Lipinski definition) is 4. The standard InChI is InChI=1S/C4H6N2OS2/c1-8-6(9-2)4(7)3-5/h1-2H3. The van der Waals surface area contributed by atoms with Gasteiger partial charge in [-0.2, -0.15) is 5.26 Å². The van der Waals surface area contributed by atoms with E-state index in [4.69, 9.17) is 5.26 Å². The molecule has 1 amide bonds. The quantitative estimate of drug-likeness (QED) is 0.447. The minimum Gasteiger partial charge on any atom is -0.255 e. The van der Waals surface area contributed by atoms with Crippen LogP contribution >= 0.6 is 23.9 Å². The molecule has 0 fully saturated rings. The van der Waals surface area contributed by atoms with Gasteiger partial charge in [0.2, 0.25) is 0 Å². The van der Waals surface area contributed by atoms with Crippen LogP contribution in [0.25, 0.3) is 0 Å². The fourth-order valence-corrected chi connectivity index (χ4v) is 1.29. The van der Waals surface area contributed by atoms with E-state index in [1.54, 1.807) is 12.5 Å². The first kappa shape index (κ1) is 8.66. The first-order valence-corrected chi connectivity index (χ1v) is 4.45. The van der Waals surface area contributed by atoms with Gasteiger partial charge in [-0.1, -0.05) is 0 Å². The van der Waals surface area contributed by atoms with E-state index in [-0.39, 0.29) is 0 Å². The van der Waals surface area contributed by atoms with Crippen LogP contribution in [0.1, 0.15) is 0 Å². The Bertz CT molecular complexity index is 138. The molecule has 0 aromatic rings. The van der Waals surface area contributed by atoms with Crippen LogP contribution in [0.2, 0.25) is 0 Å². The number of hydrogen-bond donors (Lipinski definition) is 0. The summed E-state index contributed by atoms with van der Waals surface area (Å²) in [4.78, 5) is 10.5. The summed E-state index contributed by atoms with van der Waals surface area (Å²) in [5.41, 5.74) is 0. The lowest BCUT2D eigenvalue weighted by molar-refractivity contribution is -0.117. The highest BCUT2D eigenvalue weighted by Crippen LogP contribution is 2.15. The average Bonchev–Trinajstić information content (AvgIpc) is 1.90. The summed E-state index contributed by atoms with van der Waals surface area (Å²) in [6, 6.07) is 1.51. The monoisotopic (exact) mass is 162 g/mol. The van der Waals surface area contributed by atoms with Crippen molar-refractivity contribution in [2.75, 3.05) is 12.5 Å². The molecule has 0 aromatic heterocycles. The molecule has 0 aromatic carbocycles. The lowest BCUT2D eigenvalue weighted by atomic mass is 10.7. The molecular formula is C4H6N2OS2. The van der Waals surface area contributed by atoms with Crippen LogP contribution < -0.4 is 0 Å². The molecule has 0 heterocycles. The maximum atomic E-state index is 10.5. The summed E-state index contributed by atoms with van der Waals surface area (Å²) in [7, 11) is 0. The summed E-state index contributed by atoms with van der Waals surface area (Å²) in [6.07, 6.45) is 3.48. The van der Waals surface area contributed by atoms with Crippen molar-refractivity contribution in [3.8, 4) is 6.07 Å². The van der Waals surface area contributed by atoms with Crippen LogP contribution in [-0.2, 0) is 4.79 Å². The maximum absolute atomic E-state index is 10.5. The van der Waals surface area contributed by atoms with Crippen molar-refractivity contribution < 1.29 is 4.79 Å². The van der Waals surface area contributed by atoms with Gasteiger partial charge in [0.25, 0.3) is 0 Å². The number of amides is 1. The predicted octanol–water partition coefficient (Wildman–Crippen LogP) is 0.895. The summed E-state index contributed by atoms with van der Waals surface area (Å²) >= 11 is 2.45. The Morgan fingerprint density at radius 3 is 2.11 bits per heavy atom. The highest BCUT2D eigenvalue weighted by molar-refractivity contribution is 8.12. The predicted molar refractivity (Wildman–Crippen MR) is 39.5 cm³/mol. The molecule has 3 nitrogen and oxygen atoms in total. The average molecular weight is 162 g/mol. The molecule has 0 N–H and O–H groups in total. The van der Waals surface area contributed by atoms with E-state index in [9.17, 15) is 4.79 Å². The second kappa shape index (κ2) is 4.53. The largest absolute Gasteiger partial charge is 0.345 e. The van der Waals surface area contributed by atoms with Crippen molar-refractivity contribution >= 4 is 29.8 Å². The molecule has 9 heavy (non-hydrogen) atoms. The molecule has 0 radical (unpaired) electrons. The third-order valence-corrected chi connectivity index (χ3v) is 2.48. The van der Waals surface area contributed by atoms with Gasteiger partial charge in [0.05, 0.1) is 0 Å². The van der Waals surface area contributed by atoms with Gasteiger partial charge >= 0.3 is 5.91 Å². The molecule has 0 aliphatic carbocycles. The maximum Gasteiger partial charge on any atom is 0.345 e. The Hall–Kier alpha value is -0.340. The van der Waals surface area contributed by atoms with E-state index < -0.39 is 5.91 Å². The van der Waals surface area contributed by atoms with Gasteiger partial charge < -0.3 is 0 Å². The number of nitriles is 1. The van der Waals surface area contributed by atoms with Crippen LogP contribution in [0.5, 0.6) is 0 Å². The Morgan fingerprint density at radius 1 is 1.56 bits per heavy atom. The molecule has 0 unspecified atom stereocenters. The van der Waals surface area contributed by atoms with E-state index in [0.29, 0.717) is 0 Å². The van der Waals surface area contributed by atoms with Crippen LogP contribution in [0.4, 0.5) is 0 Å². The zero-order valence-corrected chi connectivity index (χ0v) is 6.75. The number of rotatable bonds is 2. The van der Waals surface area contributed by atoms with Crippen molar-refractivity contribution in [1.29, 1.82) is 5.26 Å². The molecule has 0 saturated carbocycles. The molecule has 0 aliphatic heterocycles. The fraction of sp³-hybridized carbons (Fsp3) is 0.500. The highest BCUT2D eigenvalue weighted by Gasteiger charge is 2.08. The molecule has 5 heteroatoms. The van der Waals surface area contributed by atoms with Gasteiger partial charge in [-0.15, -0.1) is 0 Å². The molecule has 0 saturated heterocycles. The molecule has 0 spiro atoms. The van der Waals surface area contributed by atoms with E-state index >= 15 is 0 Å². The van der Waals surface area contributed by atoms with Gasteiger partial charge in [-0.3, -0.25) is 4.79 Å². The van der Waals surface area contributed by atoms with Gasteiger partial charge in [0, 0.05) is 12.5 Å². The van der Waals surface area contributed by atoms with E-state index in [2.05, 4.69) is 0 Å². The molecule has 0 rings (SSSR count). The SMILES string of the molecule is CSN(SC)C(=O)C#N. The normalized spacial score (nSPS) is 8.11. The van der Waals surface area contributed by atoms with E-state index in [0.717, 1.165) is 0 Å². The van der Waals surface area contributed by atoms with Crippen molar-refractivity contribution in [3.05, 3.63) is 0 Å². The molecule has 0 aliphatic rings. The molecule has 50 valence electrons. The fourth-order valence-electron chi connectivity index (χ4n) is 0.281. The number of carbonyl (C=O) groups is 1.